The molecule has 2 aromatic rings. The summed E-state index contributed by atoms with van der Waals surface area (Å²) in [5, 5.41) is 1.03. The number of halogens is 6. The van der Waals surface area contributed by atoms with E-state index in [4.69, 9.17) is 69.6 Å². The van der Waals surface area contributed by atoms with E-state index in [2.05, 4.69) is 0 Å². The van der Waals surface area contributed by atoms with Crippen LogP contribution in [0.15, 0.2) is 12.1 Å². The molecule has 0 spiro atoms. The normalized spacial score (nSPS) is 17.6. The molecule has 180 valence electrons. The van der Waals surface area contributed by atoms with Crippen molar-refractivity contribution < 1.29 is 16.8 Å². The molecule has 1 N–H and O–H groups in total. The molecule has 0 radical (unpaired) electrons. The second kappa shape index (κ2) is 9.44. The van der Waals surface area contributed by atoms with Crippen molar-refractivity contribution in [1.82, 2.24) is 12.7 Å². The highest BCUT2D eigenvalue weighted by Gasteiger charge is 2.36. The Kier molecular flexibility index (Phi) is 7.45. The largest absolute Gasteiger partial charge is 0.293 e. The maximum atomic E-state index is 13.0. The van der Waals surface area contributed by atoms with Gasteiger partial charge in [0, 0.05) is 26.2 Å². The molecule has 0 aromatic heterocycles. The zero-order valence-corrected chi connectivity index (χ0v) is 22.7. The van der Waals surface area contributed by atoms with Gasteiger partial charge in [0.2, 0.25) is 0 Å². The monoisotopic (exact) mass is 611 g/mol. The van der Waals surface area contributed by atoms with Crippen molar-refractivity contribution in [2.45, 2.75) is 25.9 Å². The van der Waals surface area contributed by atoms with Crippen LogP contribution in [0.1, 0.15) is 22.3 Å². The SMILES string of the molecule is O=S(=O)(NS(=O)(=O)N1CCc2cc(Cl)c(Cl)c(Cl)c2C1)N1CCc2cc(Cl)c(Cl)c(Cl)c2C1. The number of nitrogens with one attached hydrogen (secondary N) is 1. The van der Waals surface area contributed by atoms with E-state index in [1.54, 1.807) is 12.1 Å². The van der Waals surface area contributed by atoms with Crippen molar-refractivity contribution in [3.8, 4) is 0 Å². The van der Waals surface area contributed by atoms with Gasteiger partial charge in [-0.3, -0.25) is 0 Å². The Labute approximate surface area is 221 Å². The number of nitrogens with zero attached hydrogens (tertiary/aromatic N) is 2. The van der Waals surface area contributed by atoms with Crippen LogP contribution in [-0.2, 0) is 46.3 Å². The first-order chi connectivity index (χ1) is 15.3. The highest BCUT2D eigenvalue weighted by Crippen LogP contribution is 2.39. The van der Waals surface area contributed by atoms with Gasteiger partial charge in [0.1, 0.15) is 0 Å². The van der Waals surface area contributed by atoms with Gasteiger partial charge in [-0.1, -0.05) is 73.7 Å². The average Bonchev–Trinajstić information content (AvgIpc) is 2.75. The van der Waals surface area contributed by atoms with Crippen LogP contribution < -0.4 is 4.13 Å². The predicted molar refractivity (Wildman–Crippen MR) is 132 cm³/mol. The summed E-state index contributed by atoms with van der Waals surface area (Å²) in [6.07, 6.45) is 0.581. The van der Waals surface area contributed by atoms with Crippen LogP contribution in [0.25, 0.3) is 0 Å². The molecule has 0 saturated heterocycles. The van der Waals surface area contributed by atoms with Crippen molar-refractivity contribution in [1.29, 1.82) is 0 Å². The molecule has 33 heavy (non-hydrogen) atoms. The summed E-state index contributed by atoms with van der Waals surface area (Å²) in [6, 6.07) is 3.26. The highest BCUT2D eigenvalue weighted by atomic mass is 35.5. The fourth-order valence-electron chi connectivity index (χ4n) is 3.80. The molecular weight excluding hydrogens is 599 g/mol. The van der Waals surface area contributed by atoms with Crippen LogP contribution in [0, 0.1) is 0 Å². The topological polar surface area (TPSA) is 86.8 Å². The Morgan fingerprint density at radius 1 is 0.636 bits per heavy atom. The van der Waals surface area contributed by atoms with Gasteiger partial charge in [0.15, 0.2) is 0 Å². The third-order valence-electron chi connectivity index (χ3n) is 5.53. The van der Waals surface area contributed by atoms with E-state index in [0.29, 0.717) is 24.0 Å². The maximum Gasteiger partial charge on any atom is 0.293 e. The fraction of sp³-hybridized carbons (Fsp3) is 0.333. The maximum absolute atomic E-state index is 13.0. The van der Waals surface area contributed by atoms with Gasteiger partial charge in [-0.2, -0.15) is 25.4 Å². The molecule has 0 aliphatic carbocycles. The first-order valence-electron chi connectivity index (χ1n) is 9.41. The molecule has 0 amide bonds. The number of benzene rings is 2. The first kappa shape index (κ1) is 26.0. The standard InChI is InChI=1S/C18H15Cl6N3O4S2/c19-13-5-9-1-3-26(7-11(9)15(21)17(13)23)32(28,29)25-33(30,31)27-4-2-10-6-14(20)18(24)16(22)12(10)8-27/h5-6,25H,1-4,7-8H2. The van der Waals surface area contributed by atoms with Crippen LogP contribution in [-0.4, -0.2) is 38.5 Å². The van der Waals surface area contributed by atoms with Crippen LogP contribution in [0.3, 0.4) is 0 Å². The summed E-state index contributed by atoms with van der Waals surface area (Å²) in [6.45, 7) is -0.235. The van der Waals surface area contributed by atoms with E-state index in [1.165, 1.54) is 0 Å². The molecule has 0 fully saturated rings. The van der Waals surface area contributed by atoms with Gasteiger partial charge in [-0.05, 0) is 47.2 Å². The Bertz CT molecular complexity index is 1260. The summed E-state index contributed by atoms with van der Waals surface area (Å²) in [7, 11) is -8.87. The third-order valence-corrected chi connectivity index (χ3v) is 11.8. The highest BCUT2D eigenvalue weighted by molar-refractivity contribution is 8.02. The lowest BCUT2D eigenvalue weighted by atomic mass is 10.0. The molecule has 15 heteroatoms. The minimum absolute atomic E-state index is 0.0366. The molecule has 0 saturated carbocycles. The van der Waals surface area contributed by atoms with Crippen molar-refractivity contribution >= 4 is 90.0 Å². The molecule has 2 aliphatic rings. The Morgan fingerprint density at radius 2 is 1.00 bits per heavy atom. The smallest absolute Gasteiger partial charge is 0.194 e. The van der Waals surface area contributed by atoms with E-state index >= 15 is 0 Å². The van der Waals surface area contributed by atoms with Crippen LogP contribution in [0.5, 0.6) is 0 Å². The molecular formula is C18H15Cl6N3O4S2. The van der Waals surface area contributed by atoms with Gasteiger partial charge in [0.25, 0.3) is 20.4 Å². The van der Waals surface area contributed by atoms with E-state index in [0.717, 1.165) is 19.7 Å². The van der Waals surface area contributed by atoms with Crippen molar-refractivity contribution in [3.63, 3.8) is 0 Å². The number of hydrogen-bond donors (Lipinski definition) is 1. The van der Waals surface area contributed by atoms with Gasteiger partial charge in [-0.15, -0.1) is 0 Å². The molecule has 4 rings (SSSR count). The fourth-order valence-corrected chi connectivity index (χ4v) is 8.42. The van der Waals surface area contributed by atoms with E-state index in [1.807, 2.05) is 4.13 Å². The quantitative estimate of drug-likeness (QED) is 0.486. The van der Waals surface area contributed by atoms with E-state index in [-0.39, 0.29) is 56.3 Å². The summed E-state index contributed by atoms with van der Waals surface area (Å²) >= 11 is 36.8. The first-order valence-corrected chi connectivity index (χ1v) is 14.6. The predicted octanol–water partition coefficient (Wildman–Crippen LogP) is 5.10. The van der Waals surface area contributed by atoms with Crippen molar-refractivity contribution in [2.24, 2.45) is 0 Å². The molecule has 0 bridgehead atoms. The molecule has 0 unspecified atom stereocenters. The lowest BCUT2D eigenvalue weighted by Crippen LogP contribution is -2.51. The molecule has 7 nitrogen and oxygen atoms in total. The third kappa shape index (κ3) is 4.97. The van der Waals surface area contributed by atoms with Crippen LogP contribution in [0.2, 0.25) is 30.1 Å². The summed E-state index contributed by atoms with van der Waals surface area (Å²) < 4.78 is 55.7. The summed E-state index contributed by atoms with van der Waals surface area (Å²) in [5.41, 5.74) is 2.46. The Balaban J connectivity index is 1.56. The zero-order chi connectivity index (χ0) is 24.3. The Hall–Kier alpha value is -0.0400. The molecule has 2 heterocycles. The second-order valence-electron chi connectivity index (χ2n) is 7.51. The minimum Gasteiger partial charge on any atom is -0.194 e. The average molecular weight is 614 g/mol. The molecule has 2 aliphatic heterocycles. The van der Waals surface area contributed by atoms with Crippen molar-refractivity contribution in [3.05, 3.63) is 64.5 Å². The molecule has 2 aromatic carbocycles. The lowest BCUT2D eigenvalue weighted by Gasteiger charge is -2.32. The molecule has 0 atom stereocenters. The van der Waals surface area contributed by atoms with Gasteiger partial charge in [0.05, 0.1) is 30.1 Å². The number of rotatable bonds is 4. The summed E-state index contributed by atoms with van der Waals surface area (Å²) in [4.78, 5) is 0. The minimum atomic E-state index is -4.44. The summed E-state index contributed by atoms with van der Waals surface area (Å²) in [5.74, 6) is 0. The number of hydrogen-bond acceptors (Lipinski definition) is 4. The van der Waals surface area contributed by atoms with Crippen LogP contribution >= 0.6 is 69.6 Å². The zero-order valence-electron chi connectivity index (χ0n) is 16.5. The number of fused-ring (bicyclic) bond motifs is 2. The van der Waals surface area contributed by atoms with Gasteiger partial charge >= 0.3 is 0 Å². The Morgan fingerprint density at radius 3 is 1.36 bits per heavy atom. The second-order valence-corrected chi connectivity index (χ2v) is 13.4. The van der Waals surface area contributed by atoms with Crippen molar-refractivity contribution in [2.75, 3.05) is 13.1 Å². The van der Waals surface area contributed by atoms with E-state index < -0.39 is 20.4 Å². The van der Waals surface area contributed by atoms with Crippen LogP contribution in [0.4, 0.5) is 0 Å². The van der Waals surface area contributed by atoms with Gasteiger partial charge in [-0.25, -0.2) is 0 Å². The van der Waals surface area contributed by atoms with Gasteiger partial charge < -0.3 is 0 Å². The lowest BCUT2D eigenvalue weighted by molar-refractivity contribution is 0.375. The van der Waals surface area contributed by atoms with E-state index in [9.17, 15) is 16.8 Å².